The van der Waals surface area contributed by atoms with Gasteiger partial charge in [-0.3, -0.25) is 9.59 Å². The highest BCUT2D eigenvalue weighted by Crippen LogP contribution is 2.37. The number of aliphatic hydroxyl groups is 1. The van der Waals surface area contributed by atoms with Crippen molar-refractivity contribution < 1.29 is 14.7 Å². The molecule has 2 amide bonds. The fourth-order valence-electron chi connectivity index (χ4n) is 4.18. The molecule has 1 atom stereocenters. The van der Waals surface area contributed by atoms with Crippen LogP contribution in [0.15, 0.2) is 54.9 Å². The number of allylic oxidation sites excluding steroid dienone is 4. The lowest BCUT2D eigenvalue weighted by Crippen LogP contribution is -2.58. The molecule has 0 bridgehead atoms. The first-order chi connectivity index (χ1) is 15.2. The van der Waals surface area contributed by atoms with Crippen LogP contribution in [0, 0.1) is 0 Å². The van der Waals surface area contributed by atoms with Gasteiger partial charge < -0.3 is 19.5 Å². The number of imidazole rings is 1. The number of aromatic nitrogens is 2. The summed E-state index contributed by atoms with van der Waals surface area (Å²) in [5.41, 5.74) is 3.32. The van der Waals surface area contributed by atoms with Crippen LogP contribution in [0.25, 0.3) is 16.6 Å². The second kappa shape index (κ2) is 8.39. The Morgan fingerprint density at radius 1 is 1.25 bits per heavy atom. The summed E-state index contributed by atoms with van der Waals surface area (Å²) in [4.78, 5) is 33.3. The van der Waals surface area contributed by atoms with Crippen LogP contribution in [0.1, 0.15) is 32.3 Å². The van der Waals surface area contributed by atoms with Gasteiger partial charge in [0.15, 0.2) is 0 Å². The zero-order chi connectivity index (χ0) is 23.0. The third-order valence-corrected chi connectivity index (χ3v) is 6.43. The molecule has 7 heteroatoms. The minimum atomic E-state index is -1.17. The predicted molar refractivity (Wildman–Crippen MR) is 125 cm³/mol. The molecule has 32 heavy (non-hydrogen) atoms. The summed E-state index contributed by atoms with van der Waals surface area (Å²) in [5.74, 6) is -0.248. The molecule has 1 aliphatic heterocycles. The largest absolute Gasteiger partial charge is 0.380 e. The number of fused-ring (bicyclic) bond motifs is 1. The molecule has 0 radical (unpaired) electrons. The highest BCUT2D eigenvalue weighted by molar-refractivity contribution is 5.94. The van der Waals surface area contributed by atoms with Crippen molar-refractivity contribution in [3.05, 3.63) is 60.5 Å². The summed E-state index contributed by atoms with van der Waals surface area (Å²) in [5, 5.41) is 10.1. The monoisotopic (exact) mass is 434 g/mol. The first-order valence-electron chi connectivity index (χ1n) is 11.0. The molecule has 2 aliphatic rings. The van der Waals surface area contributed by atoms with E-state index in [1.54, 1.807) is 29.1 Å². The average Bonchev–Trinajstić information content (AvgIpc) is 3.44. The molecule has 1 N–H and O–H groups in total. The van der Waals surface area contributed by atoms with E-state index in [1.807, 2.05) is 48.9 Å². The lowest BCUT2D eigenvalue weighted by atomic mass is 10.0. The van der Waals surface area contributed by atoms with E-state index in [4.69, 9.17) is 0 Å². The van der Waals surface area contributed by atoms with Gasteiger partial charge in [-0.2, -0.15) is 0 Å². The van der Waals surface area contributed by atoms with Crippen LogP contribution < -0.4 is 0 Å². The highest BCUT2D eigenvalue weighted by Gasteiger charge is 2.51. The van der Waals surface area contributed by atoms with E-state index in [9.17, 15) is 14.7 Å². The third kappa shape index (κ3) is 4.12. The molecular weight excluding hydrogens is 404 g/mol. The van der Waals surface area contributed by atoms with Crippen molar-refractivity contribution in [3.8, 4) is 0 Å². The van der Waals surface area contributed by atoms with Crippen molar-refractivity contribution in [2.75, 3.05) is 19.6 Å². The molecule has 1 aromatic heterocycles. The predicted octanol–water partition coefficient (Wildman–Crippen LogP) is 2.67. The molecule has 2 fully saturated rings. The Morgan fingerprint density at radius 3 is 2.66 bits per heavy atom. The zero-order valence-electron chi connectivity index (χ0n) is 18.9. The number of hydrogen-bond acceptors (Lipinski definition) is 4. The van der Waals surface area contributed by atoms with Gasteiger partial charge in [0.1, 0.15) is 5.60 Å². The van der Waals surface area contributed by atoms with Gasteiger partial charge in [-0.05, 0) is 50.0 Å². The van der Waals surface area contributed by atoms with Crippen LogP contribution in [0.2, 0.25) is 0 Å². The normalized spacial score (nSPS) is 21.1. The molecule has 1 aromatic carbocycles. The van der Waals surface area contributed by atoms with Gasteiger partial charge in [0.25, 0.3) is 5.91 Å². The Kier molecular flexibility index (Phi) is 5.77. The molecule has 168 valence electrons. The fraction of sp³-hybridized carbons (Fsp3) is 0.400. The van der Waals surface area contributed by atoms with Crippen molar-refractivity contribution in [1.29, 1.82) is 0 Å². The van der Waals surface area contributed by atoms with Crippen molar-refractivity contribution in [1.82, 2.24) is 19.4 Å². The van der Waals surface area contributed by atoms with Crippen LogP contribution in [0.5, 0.6) is 0 Å². The summed E-state index contributed by atoms with van der Waals surface area (Å²) in [6, 6.07) is 5.94. The number of benzene rings is 1. The van der Waals surface area contributed by atoms with E-state index < -0.39 is 5.60 Å². The van der Waals surface area contributed by atoms with Crippen LogP contribution in [-0.2, 0) is 16.6 Å². The molecule has 2 heterocycles. The van der Waals surface area contributed by atoms with Gasteiger partial charge in [-0.25, -0.2) is 4.98 Å². The van der Waals surface area contributed by atoms with Gasteiger partial charge >= 0.3 is 0 Å². The smallest absolute Gasteiger partial charge is 0.254 e. The molecule has 1 saturated carbocycles. The first-order valence-corrected chi connectivity index (χ1v) is 11.0. The first kappa shape index (κ1) is 22.0. The molecule has 0 spiro atoms. The highest BCUT2D eigenvalue weighted by atomic mass is 16.3. The molecule has 2 aromatic rings. The molecule has 7 nitrogen and oxygen atoms in total. The van der Waals surface area contributed by atoms with Gasteiger partial charge in [-0.1, -0.05) is 30.9 Å². The van der Waals surface area contributed by atoms with Gasteiger partial charge in [0.2, 0.25) is 5.91 Å². The maximum absolute atomic E-state index is 13.0. The van der Waals surface area contributed by atoms with Crippen LogP contribution in [0.3, 0.4) is 0 Å². The van der Waals surface area contributed by atoms with Crippen molar-refractivity contribution in [2.45, 2.75) is 38.3 Å². The number of piperazine rings is 1. The zero-order valence-corrected chi connectivity index (χ0v) is 18.9. The molecule has 1 saturated heterocycles. The van der Waals surface area contributed by atoms with E-state index in [0.29, 0.717) is 38.0 Å². The second-order valence-electron chi connectivity index (χ2n) is 8.87. The van der Waals surface area contributed by atoms with E-state index in [1.165, 1.54) is 0 Å². The number of aryl methyl sites for hydroxylation is 1. The van der Waals surface area contributed by atoms with E-state index >= 15 is 0 Å². The molecule has 0 unspecified atom stereocenters. The lowest BCUT2D eigenvalue weighted by molar-refractivity contribution is -0.149. The quantitative estimate of drug-likeness (QED) is 0.580. The number of carbonyl (C=O) groups excluding carboxylic acids is 2. The van der Waals surface area contributed by atoms with Crippen molar-refractivity contribution in [3.63, 3.8) is 0 Å². The van der Waals surface area contributed by atoms with Crippen molar-refractivity contribution in [2.24, 2.45) is 7.05 Å². The SMILES string of the molecule is C=C/C(=C\C=C(/C)C(=O)N1CCN(C(=O)C2(O)CC2)[C@H](C)C1)c1ccc2c(c1)ncn2C. The minimum Gasteiger partial charge on any atom is -0.380 e. The topological polar surface area (TPSA) is 78.7 Å². The van der Waals surface area contributed by atoms with Crippen LogP contribution in [-0.4, -0.2) is 67.5 Å². The Bertz CT molecular complexity index is 1140. The van der Waals surface area contributed by atoms with Crippen LogP contribution in [0.4, 0.5) is 0 Å². The summed E-state index contributed by atoms with van der Waals surface area (Å²) in [6.45, 7) is 9.01. The summed E-state index contributed by atoms with van der Waals surface area (Å²) >= 11 is 0. The fourth-order valence-corrected chi connectivity index (χ4v) is 4.18. The van der Waals surface area contributed by atoms with E-state index in [2.05, 4.69) is 11.6 Å². The maximum Gasteiger partial charge on any atom is 0.254 e. The van der Waals surface area contributed by atoms with Gasteiger partial charge in [0, 0.05) is 38.3 Å². The number of amides is 2. The molecule has 4 rings (SSSR count). The maximum atomic E-state index is 13.0. The second-order valence-corrected chi connectivity index (χ2v) is 8.87. The number of carbonyl (C=O) groups is 2. The number of nitrogens with zero attached hydrogens (tertiary/aromatic N) is 4. The summed E-state index contributed by atoms with van der Waals surface area (Å²) in [6.07, 6.45) is 8.34. The Hall–Kier alpha value is -3.19. The number of hydrogen-bond donors (Lipinski definition) is 1. The van der Waals surface area contributed by atoms with Crippen LogP contribution >= 0.6 is 0 Å². The Morgan fingerprint density at radius 2 is 2.00 bits per heavy atom. The van der Waals surface area contributed by atoms with Gasteiger partial charge in [0.05, 0.1) is 17.4 Å². The standard InChI is InChI=1S/C25H30N4O3/c1-5-19(20-8-9-22-21(14-20)26-16-27(22)4)7-6-17(2)23(30)28-12-13-29(18(3)15-28)24(31)25(32)10-11-25/h5-9,14,16,18,32H,1,10-13,15H2,2-4H3/b17-6+,19-7+/t18-/m1/s1. The molecule has 1 aliphatic carbocycles. The lowest BCUT2D eigenvalue weighted by Gasteiger charge is -2.40. The van der Waals surface area contributed by atoms with E-state index in [0.717, 1.165) is 22.2 Å². The van der Waals surface area contributed by atoms with Crippen molar-refractivity contribution >= 4 is 28.4 Å². The van der Waals surface area contributed by atoms with Gasteiger partial charge in [-0.15, -0.1) is 0 Å². The average molecular weight is 435 g/mol. The third-order valence-electron chi connectivity index (χ3n) is 6.43. The summed E-state index contributed by atoms with van der Waals surface area (Å²) < 4.78 is 1.97. The van der Waals surface area contributed by atoms with E-state index in [-0.39, 0.29) is 17.9 Å². The molecular formula is C25H30N4O3. The Balaban J connectivity index is 1.45. The number of rotatable bonds is 5. The Labute approximate surface area is 188 Å². The summed E-state index contributed by atoms with van der Waals surface area (Å²) in [7, 11) is 1.96. The minimum absolute atomic E-state index is 0.0473.